The van der Waals surface area contributed by atoms with Gasteiger partial charge in [-0.3, -0.25) is 4.79 Å². The van der Waals surface area contributed by atoms with E-state index in [4.69, 9.17) is 0 Å². The first-order chi connectivity index (χ1) is 8.69. The summed E-state index contributed by atoms with van der Waals surface area (Å²) in [5.74, 6) is 0.781. The second-order valence-corrected chi connectivity index (χ2v) is 4.61. The summed E-state index contributed by atoms with van der Waals surface area (Å²) in [6.07, 6.45) is 2.86. The number of carbonyl (C=O) groups excluding carboxylic acids is 1. The predicted octanol–water partition coefficient (Wildman–Crippen LogP) is 2.82. The van der Waals surface area contributed by atoms with E-state index in [1.54, 1.807) is 7.05 Å². The zero-order chi connectivity index (χ0) is 13.4. The molecule has 0 saturated heterocycles. The minimum absolute atomic E-state index is 0.0488. The Labute approximate surface area is 110 Å². The molecular weight excluding hydrogens is 224 g/mol. The first kappa shape index (κ1) is 14.6. The van der Waals surface area contributed by atoms with E-state index in [0.717, 1.165) is 23.7 Å². The maximum atomic E-state index is 11.2. The molecule has 0 aliphatic carbocycles. The Kier molecular flexibility index (Phi) is 6.26. The molecular formula is C15H24N2O. The van der Waals surface area contributed by atoms with Crippen LogP contribution in [0.25, 0.3) is 0 Å². The molecule has 0 fully saturated rings. The molecule has 0 aromatic heterocycles. The van der Waals surface area contributed by atoms with Crippen molar-refractivity contribution >= 4 is 11.6 Å². The number of carbonyl (C=O) groups is 1. The molecule has 1 aromatic carbocycles. The number of nitrogens with one attached hydrogen (secondary N) is 2. The summed E-state index contributed by atoms with van der Waals surface area (Å²) < 4.78 is 0. The Bertz CT molecular complexity index is 355. The highest BCUT2D eigenvalue weighted by Gasteiger charge is 2.03. The molecule has 0 aliphatic rings. The molecule has 1 aromatic rings. The van der Waals surface area contributed by atoms with Crippen molar-refractivity contribution in [3.05, 3.63) is 29.8 Å². The molecule has 18 heavy (non-hydrogen) atoms. The quantitative estimate of drug-likeness (QED) is 0.779. The molecule has 2 N–H and O–H groups in total. The van der Waals surface area contributed by atoms with Crippen LogP contribution in [0, 0.1) is 5.92 Å². The van der Waals surface area contributed by atoms with E-state index in [9.17, 15) is 4.79 Å². The predicted molar refractivity (Wildman–Crippen MR) is 76.8 cm³/mol. The fourth-order valence-corrected chi connectivity index (χ4v) is 1.85. The molecule has 0 spiro atoms. The summed E-state index contributed by atoms with van der Waals surface area (Å²) in [5, 5.41) is 6.07. The zero-order valence-electron chi connectivity index (χ0n) is 11.6. The average Bonchev–Trinajstić information content (AvgIpc) is 2.41. The van der Waals surface area contributed by atoms with Crippen LogP contribution in [0.3, 0.4) is 0 Å². The number of amides is 1. The third-order valence-corrected chi connectivity index (χ3v) is 3.35. The van der Waals surface area contributed by atoms with Crippen molar-refractivity contribution in [3.8, 4) is 0 Å². The van der Waals surface area contributed by atoms with Gasteiger partial charge in [-0.05, 0) is 23.6 Å². The standard InChI is InChI=1S/C15H24N2O/c1-4-12(5-2)11-17-14-8-6-13(7-9-14)10-15(18)16-3/h6-9,12,17H,4-5,10-11H2,1-3H3,(H,16,18). The van der Waals surface area contributed by atoms with Gasteiger partial charge in [0, 0.05) is 19.3 Å². The number of rotatable bonds is 7. The van der Waals surface area contributed by atoms with Gasteiger partial charge in [-0.15, -0.1) is 0 Å². The van der Waals surface area contributed by atoms with Gasteiger partial charge in [0.05, 0.1) is 6.42 Å². The second kappa shape index (κ2) is 7.75. The highest BCUT2D eigenvalue weighted by molar-refractivity contribution is 5.78. The maximum absolute atomic E-state index is 11.2. The van der Waals surface area contributed by atoms with Gasteiger partial charge in [-0.2, -0.15) is 0 Å². The lowest BCUT2D eigenvalue weighted by Gasteiger charge is -2.14. The molecule has 0 unspecified atom stereocenters. The highest BCUT2D eigenvalue weighted by Crippen LogP contribution is 2.13. The SMILES string of the molecule is CCC(CC)CNc1ccc(CC(=O)NC)cc1. The number of anilines is 1. The Balaban J connectivity index is 2.47. The Hall–Kier alpha value is -1.51. The molecule has 1 amide bonds. The molecule has 3 nitrogen and oxygen atoms in total. The van der Waals surface area contributed by atoms with E-state index < -0.39 is 0 Å². The number of likely N-dealkylation sites (N-methyl/N-ethyl adjacent to an activating group) is 1. The van der Waals surface area contributed by atoms with Crippen molar-refractivity contribution in [2.75, 3.05) is 18.9 Å². The van der Waals surface area contributed by atoms with Crippen LogP contribution in [-0.2, 0) is 11.2 Å². The first-order valence-corrected chi connectivity index (χ1v) is 6.73. The molecule has 0 saturated carbocycles. The lowest BCUT2D eigenvalue weighted by molar-refractivity contribution is -0.119. The van der Waals surface area contributed by atoms with Crippen molar-refractivity contribution in [1.82, 2.24) is 5.32 Å². The van der Waals surface area contributed by atoms with Gasteiger partial charge < -0.3 is 10.6 Å². The number of benzene rings is 1. The van der Waals surface area contributed by atoms with Crippen LogP contribution in [0.5, 0.6) is 0 Å². The third kappa shape index (κ3) is 4.78. The van der Waals surface area contributed by atoms with Gasteiger partial charge in [0.2, 0.25) is 5.91 Å². The number of hydrogen-bond donors (Lipinski definition) is 2. The number of hydrogen-bond acceptors (Lipinski definition) is 2. The third-order valence-electron chi connectivity index (χ3n) is 3.35. The van der Waals surface area contributed by atoms with Crippen LogP contribution >= 0.6 is 0 Å². The van der Waals surface area contributed by atoms with E-state index in [0.29, 0.717) is 6.42 Å². The largest absolute Gasteiger partial charge is 0.385 e. The first-order valence-electron chi connectivity index (χ1n) is 6.73. The smallest absolute Gasteiger partial charge is 0.224 e. The molecule has 0 heterocycles. The lowest BCUT2D eigenvalue weighted by atomic mass is 10.0. The van der Waals surface area contributed by atoms with E-state index >= 15 is 0 Å². The van der Waals surface area contributed by atoms with E-state index in [1.165, 1.54) is 12.8 Å². The molecule has 0 radical (unpaired) electrons. The average molecular weight is 248 g/mol. The Morgan fingerprint density at radius 1 is 1.17 bits per heavy atom. The maximum Gasteiger partial charge on any atom is 0.224 e. The van der Waals surface area contributed by atoms with Gasteiger partial charge in [-0.25, -0.2) is 0 Å². The lowest BCUT2D eigenvalue weighted by Crippen LogP contribution is -2.19. The summed E-state index contributed by atoms with van der Waals surface area (Å²) in [6.45, 7) is 5.46. The van der Waals surface area contributed by atoms with E-state index in [-0.39, 0.29) is 5.91 Å². The normalized spacial score (nSPS) is 10.4. The fraction of sp³-hybridized carbons (Fsp3) is 0.533. The van der Waals surface area contributed by atoms with Gasteiger partial charge in [-0.1, -0.05) is 38.8 Å². The Morgan fingerprint density at radius 3 is 2.28 bits per heavy atom. The van der Waals surface area contributed by atoms with Gasteiger partial charge in [0.1, 0.15) is 0 Å². The van der Waals surface area contributed by atoms with Crippen molar-refractivity contribution < 1.29 is 4.79 Å². The van der Waals surface area contributed by atoms with Crippen LogP contribution in [0.1, 0.15) is 32.3 Å². The van der Waals surface area contributed by atoms with Crippen LogP contribution in [0.4, 0.5) is 5.69 Å². The topological polar surface area (TPSA) is 41.1 Å². The minimum Gasteiger partial charge on any atom is -0.385 e. The second-order valence-electron chi connectivity index (χ2n) is 4.61. The molecule has 100 valence electrons. The summed E-state index contributed by atoms with van der Waals surface area (Å²) in [6, 6.07) is 8.09. The molecule has 0 atom stereocenters. The van der Waals surface area contributed by atoms with Gasteiger partial charge >= 0.3 is 0 Å². The molecule has 0 bridgehead atoms. The van der Waals surface area contributed by atoms with Crippen LogP contribution < -0.4 is 10.6 Å². The van der Waals surface area contributed by atoms with E-state index in [1.807, 2.05) is 24.3 Å². The van der Waals surface area contributed by atoms with Crippen molar-refractivity contribution in [1.29, 1.82) is 0 Å². The summed E-state index contributed by atoms with van der Waals surface area (Å²) in [4.78, 5) is 11.2. The van der Waals surface area contributed by atoms with Crippen LogP contribution in [0.2, 0.25) is 0 Å². The summed E-state index contributed by atoms with van der Waals surface area (Å²) in [7, 11) is 1.66. The highest BCUT2D eigenvalue weighted by atomic mass is 16.1. The van der Waals surface area contributed by atoms with Crippen molar-refractivity contribution in [3.63, 3.8) is 0 Å². The van der Waals surface area contributed by atoms with Crippen molar-refractivity contribution in [2.24, 2.45) is 5.92 Å². The van der Waals surface area contributed by atoms with Crippen LogP contribution in [-0.4, -0.2) is 19.5 Å². The monoisotopic (exact) mass is 248 g/mol. The Morgan fingerprint density at radius 2 is 1.78 bits per heavy atom. The van der Waals surface area contributed by atoms with Gasteiger partial charge in [0.15, 0.2) is 0 Å². The minimum atomic E-state index is 0.0488. The van der Waals surface area contributed by atoms with E-state index in [2.05, 4.69) is 24.5 Å². The fourth-order valence-electron chi connectivity index (χ4n) is 1.85. The van der Waals surface area contributed by atoms with Crippen LogP contribution in [0.15, 0.2) is 24.3 Å². The molecule has 1 rings (SSSR count). The molecule has 3 heteroatoms. The van der Waals surface area contributed by atoms with Crippen molar-refractivity contribution in [2.45, 2.75) is 33.1 Å². The summed E-state index contributed by atoms with van der Waals surface area (Å²) >= 11 is 0. The molecule has 0 aliphatic heterocycles. The zero-order valence-corrected chi connectivity index (χ0v) is 11.6. The van der Waals surface area contributed by atoms with Gasteiger partial charge in [0.25, 0.3) is 0 Å². The summed E-state index contributed by atoms with van der Waals surface area (Å²) in [5.41, 5.74) is 2.17.